The molecule has 3 heterocycles. The average molecular weight is 325 g/mol. The summed E-state index contributed by atoms with van der Waals surface area (Å²) in [5.74, 6) is 2.71. The van der Waals surface area contributed by atoms with E-state index in [0.717, 1.165) is 30.7 Å². The smallest absolute Gasteiger partial charge is 0.243 e. The van der Waals surface area contributed by atoms with Crippen LogP contribution in [-0.4, -0.2) is 37.1 Å². The highest BCUT2D eigenvalue weighted by atomic mass is 32.1. The minimum Gasteiger partial charge on any atom is -0.369 e. The van der Waals surface area contributed by atoms with Gasteiger partial charge in [0.15, 0.2) is 0 Å². The molecule has 2 aliphatic heterocycles. The topological polar surface area (TPSA) is 12.5 Å². The Balaban J connectivity index is 1.85. The predicted octanol–water partition coefficient (Wildman–Crippen LogP) is 3.44. The summed E-state index contributed by atoms with van der Waals surface area (Å²) >= 11 is 1.52. The lowest BCUT2D eigenvalue weighted by Gasteiger charge is -2.46. The minimum absolute atomic E-state index is 0.146. The van der Waals surface area contributed by atoms with Gasteiger partial charge in [0.25, 0.3) is 0 Å². The zero-order valence-electron chi connectivity index (χ0n) is 12.8. The Kier molecular flexibility index (Phi) is 4.54. The molecule has 0 N–H and O–H groups in total. The number of fused-ring (bicyclic) bond motifs is 2. The Morgan fingerprint density at radius 3 is 3.09 bits per heavy atom. The second-order valence-electron chi connectivity index (χ2n) is 6.23. The average Bonchev–Trinajstić information content (AvgIpc) is 2.86. The molecule has 1 aromatic rings. The first-order valence-corrected chi connectivity index (χ1v) is 8.57. The van der Waals surface area contributed by atoms with Crippen LogP contribution in [0.4, 0.5) is 8.78 Å². The zero-order chi connectivity index (χ0) is 15.7. The lowest BCUT2D eigenvalue weighted by Crippen LogP contribution is -2.50. The number of thiophene rings is 1. The van der Waals surface area contributed by atoms with Crippen LogP contribution in [0.2, 0.25) is 0 Å². The van der Waals surface area contributed by atoms with E-state index in [1.165, 1.54) is 21.8 Å². The maximum atomic E-state index is 12.7. The predicted molar refractivity (Wildman–Crippen MR) is 84.5 cm³/mol. The fraction of sp³-hybridized carbons (Fsp3) is 0.647. The Labute approximate surface area is 134 Å². The van der Waals surface area contributed by atoms with Crippen molar-refractivity contribution in [2.45, 2.75) is 50.7 Å². The Hall–Kier alpha value is -0.960. The second kappa shape index (κ2) is 6.27. The highest BCUT2D eigenvalue weighted by molar-refractivity contribution is 7.12. The number of terminal acetylenes is 1. The number of nitrogens with zero attached hydrogens (tertiary/aromatic N) is 1. The maximum Gasteiger partial charge on any atom is 0.243 e. The van der Waals surface area contributed by atoms with Crippen LogP contribution in [0.25, 0.3) is 0 Å². The number of piperidine rings is 1. The molecule has 22 heavy (non-hydrogen) atoms. The first kappa shape index (κ1) is 15.9. The Morgan fingerprint density at radius 1 is 1.59 bits per heavy atom. The van der Waals surface area contributed by atoms with Crippen molar-refractivity contribution in [3.8, 4) is 12.3 Å². The van der Waals surface area contributed by atoms with Crippen LogP contribution in [0, 0.1) is 12.3 Å². The summed E-state index contributed by atoms with van der Waals surface area (Å²) in [7, 11) is 0. The molecule has 1 spiro atoms. The molecule has 1 unspecified atom stereocenters. The molecule has 3 rings (SSSR count). The maximum absolute atomic E-state index is 12.7. The number of hydrogen-bond donors (Lipinski definition) is 0. The van der Waals surface area contributed by atoms with Crippen LogP contribution in [0.5, 0.6) is 0 Å². The summed E-state index contributed by atoms with van der Waals surface area (Å²) in [6.07, 6.45) is 5.60. The first-order valence-electron chi connectivity index (χ1n) is 7.76. The molecular formula is C17H21F2NOS. The quantitative estimate of drug-likeness (QED) is 0.790. The van der Waals surface area contributed by atoms with Gasteiger partial charge >= 0.3 is 0 Å². The third-order valence-corrected chi connectivity index (χ3v) is 6.11. The molecule has 0 aliphatic carbocycles. The van der Waals surface area contributed by atoms with E-state index in [9.17, 15) is 8.78 Å². The monoisotopic (exact) mass is 325 g/mol. The van der Waals surface area contributed by atoms with Gasteiger partial charge in [-0.05, 0) is 37.8 Å². The van der Waals surface area contributed by atoms with Gasteiger partial charge < -0.3 is 4.74 Å². The van der Waals surface area contributed by atoms with Crippen molar-refractivity contribution in [1.82, 2.24) is 4.90 Å². The summed E-state index contributed by atoms with van der Waals surface area (Å²) in [6.45, 7) is 4.40. The lowest BCUT2D eigenvalue weighted by molar-refractivity contribution is -0.107. The van der Waals surface area contributed by atoms with Gasteiger partial charge in [-0.25, -0.2) is 8.78 Å². The molecule has 1 aromatic heterocycles. The first-order chi connectivity index (χ1) is 10.5. The van der Waals surface area contributed by atoms with Crippen molar-refractivity contribution in [2.75, 3.05) is 19.7 Å². The van der Waals surface area contributed by atoms with E-state index in [1.807, 2.05) is 6.07 Å². The van der Waals surface area contributed by atoms with E-state index in [0.29, 0.717) is 19.2 Å². The molecule has 2 nitrogen and oxygen atoms in total. The molecule has 0 aromatic carbocycles. The van der Waals surface area contributed by atoms with E-state index >= 15 is 0 Å². The van der Waals surface area contributed by atoms with E-state index < -0.39 is 6.43 Å². The summed E-state index contributed by atoms with van der Waals surface area (Å²) < 4.78 is 31.5. The van der Waals surface area contributed by atoms with Crippen molar-refractivity contribution in [3.05, 3.63) is 21.4 Å². The molecule has 120 valence electrons. The standard InChI is InChI=1S/C17H21F2NOS/c1-3-6-20-7-5-17(11-12(20)2)16-13(4-8-21-17)9-14(22-16)10-15(18)19/h1,9,12,15H,4-8,10-11H2,2H3/t12-,17?/m0/s1. The van der Waals surface area contributed by atoms with E-state index in [2.05, 4.69) is 17.7 Å². The molecule has 0 amide bonds. The SMILES string of the molecule is C#CCN1CCC2(C[C@@H]1C)OCCc1cc(CC(F)F)sc12. The van der Waals surface area contributed by atoms with Crippen molar-refractivity contribution in [3.63, 3.8) is 0 Å². The van der Waals surface area contributed by atoms with Crippen LogP contribution >= 0.6 is 11.3 Å². The second-order valence-corrected chi connectivity index (χ2v) is 7.37. The molecule has 2 atom stereocenters. The van der Waals surface area contributed by atoms with E-state index in [-0.39, 0.29) is 12.0 Å². The third kappa shape index (κ3) is 2.92. The third-order valence-electron chi connectivity index (χ3n) is 4.72. The number of hydrogen-bond acceptors (Lipinski definition) is 3. The molecule has 5 heteroatoms. The van der Waals surface area contributed by atoms with Crippen LogP contribution < -0.4 is 0 Å². The van der Waals surface area contributed by atoms with Crippen molar-refractivity contribution >= 4 is 11.3 Å². The number of ether oxygens (including phenoxy) is 1. The van der Waals surface area contributed by atoms with Crippen molar-refractivity contribution < 1.29 is 13.5 Å². The van der Waals surface area contributed by atoms with Crippen LogP contribution in [0.3, 0.4) is 0 Å². The lowest BCUT2D eigenvalue weighted by atomic mass is 9.82. The molecular weight excluding hydrogens is 304 g/mol. The molecule has 0 saturated carbocycles. The summed E-state index contributed by atoms with van der Waals surface area (Å²) in [5.41, 5.74) is 0.924. The highest BCUT2D eigenvalue weighted by Crippen LogP contribution is 2.47. The van der Waals surface area contributed by atoms with Crippen LogP contribution in [0.1, 0.15) is 35.1 Å². The fourth-order valence-corrected chi connectivity index (χ4v) is 5.07. The molecule has 0 bridgehead atoms. The fourth-order valence-electron chi connectivity index (χ4n) is 3.67. The zero-order valence-corrected chi connectivity index (χ0v) is 13.6. The van der Waals surface area contributed by atoms with Gasteiger partial charge in [0.1, 0.15) is 5.60 Å². The van der Waals surface area contributed by atoms with Crippen molar-refractivity contribution in [1.29, 1.82) is 0 Å². The number of rotatable bonds is 3. The van der Waals surface area contributed by atoms with Gasteiger partial charge in [0.2, 0.25) is 6.43 Å². The molecule has 1 saturated heterocycles. The number of likely N-dealkylation sites (tertiary alicyclic amines) is 1. The molecule has 1 fully saturated rings. The van der Waals surface area contributed by atoms with Crippen LogP contribution in [0.15, 0.2) is 6.07 Å². The van der Waals surface area contributed by atoms with Gasteiger partial charge in [-0.2, -0.15) is 0 Å². The Bertz CT molecular complexity index is 580. The van der Waals surface area contributed by atoms with E-state index in [1.54, 1.807) is 0 Å². The van der Waals surface area contributed by atoms with Gasteiger partial charge in [-0.15, -0.1) is 17.8 Å². The van der Waals surface area contributed by atoms with Crippen LogP contribution in [-0.2, 0) is 23.2 Å². The molecule has 2 aliphatic rings. The summed E-state index contributed by atoms with van der Waals surface area (Å²) in [6, 6.07) is 2.31. The molecule has 0 radical (unpaired) electrons. The number of halogens is 2. The minimum atomic E-state index is -2.28. The van der Waals surface area contributed by atoms with Gasteiger partial charge in [0, 0.05) is 28.8 Å². The largest absolute Gasteiger partial charge is 0.369 e. The van der Waals surface area contributed by atoms with Gasteiger partial charge in [-0.1, -0.05) is 5.92 Å². The summed E-state index contributed by atoms with van der Waals surface area (Å²) in [4.78, 5) is 4.25. The van der Waals surface area contributed by atoms with Gasteiger partial charge in [0.05, 0.1) is 13.2 Å². The highest BCUT2D eigenvalue weighted by Gasteiger charge is 2.44. The Morgan fingerprint density at radius 2 is 2.41 bits per heavy atom. The van der Waals surface area contributed by atoms with E-state index in [4.69, 9.17) is 11.2 Å². The number of alkyl halides is 2. The van der Waals surface area contributed by atoms with Crippen molar-refractivity contribution in [2.24, 2.45) is 0 Å². The van der Waals surface area contributed by atoms with Gasteiger partial charge in [-0.3, -0.25) is 4.90 Å². The normalized spacial score (nSPS) is 28.8. The summed E-state index contributed by atoms with van der Waals surface area (Å²) in [5, 5.41) is 0.